The van der Waals surface area contributed by atoms with Gasteiger partial charge in [0.1, 0.15) is 0 Å². The van der Waals surface area contributed by atoms with Crippen LogP contribution < -0.4 is 0 Å². The van der Waals surface area contributed by atoms with E-state index in [0.29, 0.717) is 0 Å². The van der Waals surface area contributed by atoms with Crippen LogP contribution in [0.15, 0.2) is 0 Å². The van der Waals surface area contributed by atoms with Gasteiger partial charge in [-0.15, -0.1) is 0 Å². The van der Waals surface area contributed by atoms with Gasteiger partial charge in [-0.1, -0.05) is 336 Å². The molecular formula is C60H122CaO8S2. The summed E-state index contributed by atoms with van der Waals surface area (Å²) in [4.78, 5) is 0. The van der Waals surface area contributed by atoms with Crippen molar-refractivity contribution in [2.24, 2.45) is 11.8 Å². The van der Waals surface area contributed by atoms with Crippen molar-refractivity contribution in [3.63, 3.8) is 0 Å². The molecule has 2 unspecified atom stereocenters. The maximum absolute atomic E-state index is 10.8. The minimum atomic E-state index is -4.57. The first kappa shape index (κ1) is 76.2. The SMILES string of the molecule is CCCCCCCCCCCCCCCCCCCCCCC(CCCCCC)COS(=O)(=O)[O-].CCCCCCCCCCCCCCCCCCCCCCC(CCCCCC)COS(=O)(=O)[O-].[Ca+2]. The summed E-state index contributed by atoms with van der Waals surface area (Å²) in [6, 6.07) is 0. The van der Waals surface area contributed by atoms with Crippen molar-refractivity contribution in [3.8, 4) is 0 Å². The summed E-state index contributed by atoms with van der Waals surface area (Å²) in [5.41, 5.74) is 0. The summed E-state index contributed by atoms with van der Waals surface area (Å²) < 4.78 is 73.9. The molecule has 0 aliphatic heterocycles. The van der Waals surface area contributed by atoms with E-state index in [1.165, 1.54) is 283 Å². The van der Waals surface area contributed by atoms with Crippen LogP contribution >= 0.6 is 0 Å². The third-order valence-corrected chi connectivity index (χ3v) is 15.6. The Labute approximate surface area is 475 Å². The van der Waals surface area contributed by atoms with Crippen LogP contribution in [0.4, 0.5) is 0 Å². The van der Waals surface area contributed by atoms with Crippen LogP contribution in [-0.2, 0) is 29.2 Å². The fourth-order valence-corrected chi connectivity index (χ4v) is 10.8. The normalized spacial score (nSPS) is 12.7. The molecule has 0 fully saturated rings. The summed E-state index contributed by atoms with van der Waals surface area (Å²) in [5, 5.41) is 0. The largest absolute Gasteiger partial charge is 2.00 e. The van der Waals surface area contributed by atoms with E-state index in [1.807, 2.05) is 0 Å². The van der Waals surface area contributed by atoms with E-state index < -0.39 is 20.8 Å². The van der Waals surface area contributed by atoms with Gasteiger partial charge in [0.05, 0.1) is 13.2 Å². The van der Waals surface area contributed by atoms with Gasteiger partial charge in [0, 0.05) is 0 Å². The first-order valence-electron chi connectivity index (χ1n) is 31.2. The van der Waals surface area contributed by atoms with Gasteiger partial charge < -0.3 is 9.11 Å². The number of hydrogen-bond donors (Lipinski definition) is 0. The molecule has 0 aromatic carbocycles. The molecule has 0 saturated carbocycles. The fourth-order valence-electron chi connectivity index (χ4n) is 10.1. The van der Waals surface area contributed by atoms with E-state index in [2.05, 4.69) is 36.1 Å². The van der Waals surface area contributed by atoms with E-state index in [0.717, 1.165) is 51.4 Å². The standard InChI is InChI=1S/2C30H62O4S.Ca/c2*1-3-5-7-9-10-11-12-13-14-15-16-17-18-19-20-21-22-23-24-26-28-30(27-25-8-6-4-2)29-34-35(31,32)33;/h2*30H,3-29H2,1-2H3,(H,31,32,33);/q;;+2/p-2. The third kappa shape index (κ3) is 71.0. The maximum atomic E-state index is 10.8. The van der Waals surface area contributed by atoms with Gasteiger partial charge in [-0.05, 0) is 37.5 Å². The smallest absolute Gasteiger partial charge is 0.726 e. The van der Waals surface area contributed by atoms with E-state index >= 15 is 0 Å². The van der Waals surface area contributed by atoms with Crippen molar-refractivity contribution in [1.29, 1.82) is 0 Å². The molecule has 0 aromatic heterocycles. The van der Waals surface area contributed by atoms with Crippen LogP contribution in [0, 0.1) is 11.8 Å². The van der Waals surface area contributed by atoms with Gasteiger partial charge in [-0.2, -0.15) is 0 Å². The van der Waals surface area contributed by atoms with Crippen molar-refractivity contribution >= 4 is 58.5 Å². The Hall–Kier alpha value is 1.000. The molecule has 0 N–H and O–H groups in total. The minimum Gasteiger partial charge on any atom is -0.726 e. The second kappa shape index (κ2) is 61.8. The Kier molecular flexibility index (Phi) is 66.4. The predicted octanol–water partition coefficient (Wildman–Crippen LogP) is 20.1. The summed E-state index contributed by atoms with van der Waals surface area (Å²) in [7, 11) is -9.14. The second-order valence-corrected chi connectivity index (χ2v) is 23.9. The summed E-state index contributed by atoms with van der Waals surface area (Å²) >= 11 is 0. The number of unbranched alkanes of at least 4 members (excludes halogenated alkanes) is 44. The van der Waals surface area contributed by atoms with Gasteiger partial charge in [-0.3, -0.25) is 8.37 Å². The Morgan fingerprint density at radius 2 is 0.380 bits per heavy atom. The molecule has 0 heterocycles. The zero-order chi connectivity index (χ0) is 51.8. The van der Waals surface area contributed by atoms with Gasteiger partial charge in [0.15, 0.2) is 0 Å². The van der Waals surface area contributed by atoms with Crippen LogP contribution in [0.2, 0.25) is 0 Å². The topological polar surface area (TPSA) is 133 Å². The van der Waals surface area contributed by atoms with Gasteiger partial charge in [0.25, 0.3) is 0 Å². The predicted molar refractivity (Wildman–Crippen MR) is 307 cm³/mol. The van der Waals surface area contributed by atoms with Crippen molar-refractivity contribution in [2.75, 3.05) is 13.2 Å². The summed E-state index contributed by atoms with van der Waals surface area (Å²) in [6.45, 7) is 9.07. The average molecular weight is 1080 g/mol. The molecule has 11 heteroatoms. The van der Waals surface area contributed by atoms with Crippen molar-refractivity contribution in [2.45, 2.75) is 362 Å². The maximum Gasteiger partial charge on any atom is 2.00 e. The van der Waals surface area contributed by atoms with Crippen LogP contribution in [0.3, 0.4) is 0 Å². The minimum absolute atomic E-state index is 0. The van der Waals surface area contributed by atoms with E-state index in [-0.39, 0.29) is 62.8 Å². The molecule has 0 rings (SSSR count). The molecular weight excluding hydrogens is 953 g/mol. The zero-order valence-corrected chi connectivity index (χ0v) is 52.0. The molecule has 2 atom stereocenters. The van der Waals surface area contributed by atoms with Crippen LogP contribution in [0.25, 0.3) is 0 Å². The van der Waals surface area contributed by atoms with Crippen molar-refractivity contribution in [1.82, 2.24) is 0 Å². The molecule has 0 aliphatic rings. The Morgan fingerprint density at radius 1 is 0.254 bits per heavy atom. The molecule has 0 saturated heterocycles. The Balaban J connectivity index is -0.00000128. The Morgan fingerprint density at radius 3 is 0.521 bits per heavy atom. The molecule has 424 valence electrons. The van der Waals surface area contributed by atoms with Crippen LogP contribution in [-0.4, -0.2) is 76.9 Å². The van der Waals surface area contributed by atoms with Crippen molar-refractivity contribution in [3.05, 3.63) is 0 Å². The summed E-state index contributed by atoms with van der Waals surface area (Å²) in [6.07, 6.45) is 68.3. The zero-order valence-electron chi connectivity index (χ0n) is 48.1. The van der Waals surface area contributed by atoms with Gasteiger partial charge >= 0.3 is 37.7 Å². The Bertz CT molecular complexity index is 1110. The molecule has 0 bridgehead atoms. The first-order chi connectivity index (χ1) is 34.0. The molecule has 0 aromatic rings. The van der Waals surface area contributed by atoms with Crippen LogP contribution in [0.5, 0.6) is 0 Å². The number of rotatable bonds is 58. The molecule has 0 radical (unpaired) electrons. The average Bonchev–Trinajstić information content (AvgIpc) is 3.32. The molecule has 71 heavy (non-hydrogen) atoms. The van der Waals surface area contributed by atoms with Gasteiger partial charge in [-0.25, -0.2) is 16.8 Å². The summed E-state index contributed by atoms with van der Waals surface area (Å²) in [5.74, 6) is 0.400. The van der Waals surface area contributed by atoms with E-state index in [4.69, 9.17) is 0 Å². The van der Waals surface area contributed by atoms with E-state index in [1.54, 1.807) is 0 Å². The molecule has 0 amide bonds. The van der Waals surface area contributed by atoms with Crippen molar-refractivity contribution < 1.29 is 34.3 Å². The fraction of sp³-hybridized carbons (Fsp3) is 1.00. The second-order valence-electron chi connectivity index (χ2n) is 21.8. The molecule has 8 nitrogen and oxygen atoms in total. The van der Waals surface area contributed by atoms with E-state index in [9.17, 15) is 25.9 Å². The third-order valence-electron chi connectivity index (χ3n) is 14.8. The molecule has 0 spiro atoms. The molecule has 0 aliphatic carbocycles. The van der Waals surface area contributed by atoms with Gasteiger partial charge in [0.2, 0.25) is 20.8 Å². The quantitative estimate of drug-likeness (QED) is 0.0254. The number of hydrogen-bond acceptors (Lipinski definition) is 8. The monoisotopic (exact) mass is 1070 g/mol. The van der Waals surface area contributed by atoms with Crippen LogP contribution in [0.1, 0.15) is 362 Å². The first-order valence-corrected chi connectivity index (χ1v) is 33.9.